The predicted octanol–water partition coefficient (Wildman–Crippen LogP) is 2.22. The molecule has 0 amide bonds. The van der Waals surface area contributed by atoms with Crippen molar-refractivity contribution in [1.29, 1.82) is 5.41 Å². The maximum Gasteiger partial charge on any atom is 0.242 e. The Hall–Kier alpha value is -1.47. The van der Waals surface area contributed by atoms with Crippen LogP contribution >= 0.6 is 0 Å². The summed E-state index contributed by atoms with van der Waals surface area (Å²) in [5.74, 6) is -0.707. The molecule has 118 valence electrons. The molecule has 0 saturated carbocycles. The van der Waals surface area contributed by atoms with Gasteiger partial charge in [-0.3, -0.25) is 5.41 Å². The number of hydrogen-bond acceptors (Lipinski definition) is 3. The number of nitrogens with two attached hydrogens (primary N) is 1. The van der Waals surface area contributed by atoms with Gasteiger partial charge in [-0.15, -0.1) is 0 Å². The standard InChI is InChI=1S/C14H22FN3O2S/c1-5-14(6-2,13(16)17)18-21(19,20)12-9(3)7-11(15)8-10(12)4/h7-8,18H,5-6H2,1-4H3,(H3,16,17). The largest absolute Gasteiger partial charge is 0.386 e. The highest BCUT2D eigenvalue weighted by atomic mass is 32.2. The second-order valence-electron chi connectivity index (χ2n) is 5.18. The lowest BCUT2D eigenvalue weighted by Gasteiger charge is -2.31. The molecule has 0 unspecified atom stereocenters. The van der Waals surface area contributed by atoms with E-state index in [9.17, 15) is 12.8 Å². The molecular weight excluding hydrogens is 293 g/mol. The zero-order valence-electron chi connectivity index (χ0n) is 12.7. The molecule has 0 bridgehead atoms. The number of hydrogen-bond donors (Lipinski definition) is 3. The molecule has 5 nitrogen and oxygen atoms in total. The van der Waals surface area contributed by atoms with E-state index in [2.05, 4.69) is 4.72 Å². The Morgan fingerprint density at radius 3 is 2.05 bits per heavy atom. The highest BCUT2D eigenvalue weighted by Crippen LogP contribution is 2.25. The van der Waals surface area contributed by atoms with Crippen molar-refractivity contribution in [2.75, 3.05) is 0 Å². The molecule has 0 heterocycles. The van der Waals surface area contributed by atoms with E-state index in [4.69, 9.17) is 11.1 Å². The van der Waals surface area contributed by atoms with E-state index in [1.807, 2.05) is 0 Å². The van der Waals surface area contributed by atoms with E-state index < -0.39 is 21.4 Å². The highest BCUT2D eigenvalue weighted by Gasteiger charge is 2.36. The Kier molecular flexibility index (Phi) is 5.11. The smallest absolute Gasteiger partial charge is 0.242 e. The first-order chi connectivity index (χ1) is 9.59. The van der Waals surface area contributed by atoms with Crippen molar-refractivity contribution in [1.82, 2.24) is 4.72 Å². The molecule has 0 spiro atoms. The van der Waals surface area contributed by atoms with Gasteiger partial charge in [0.05, 0.1) is 10.4 Å². The van der Waals surface area contributed by atoms with Crippen LogP contribution in [0.2, 0.25) is 0 Å². The molecule has 1 rings (SSSR count). The molecule has 4 N–H and O–H groups in total. The zero-order valence-corrected chi connectivity index (χ0v) is 13.6. The van der Waals surface area contributed by atoms with Crippen molar-refractivity contribution >= 4 is 15.9 Å². The minimum atomic E-state index is -3.90. The van der Waals surface area contributed by atoms with Crippen molar-refractivity contribution in [3.63, 3.8) is 0 Å². The molecular formula is C14H22FN3O2S. The van der Waals surface area contributed by atoms with Crippen LogP contribution in [0.1, 0.15) is 37.8 Å². The fourth-order valence-electron chi connectivity index (χ4n) is 2.46. The molecule has 0 aliphatic carbocycles. The number of aryl methyl sites for hydroxylation is 2. The first-order valence-corrected chi connectivity index (χ1v) is 8.23. The lowest BCUT2D eigenvalue weighted by atomic mass is 9.93. The summed E-state index contributed by atoms with van der Waals surface area (Å²) in [5.41, 5.74) is 5.10. The Morgan fingerprint density at radius 2 is 1.71 bits per heavy atom. The van der Waals surface area contributed by atoms with Gasteiger partial charge < -0.3 is 5.73 Å². The summed E-state index contributed by atoms with van der Waals surface area (Å²) in [7, 11) is -3.90. The van der Waals surface area contributed by atoms with Crippen LogP contribution in [0.4, 0.5) is 4.39 Å². The van der Waals surface area contributed by atoms with E-state index in [1.165, 1.54) is 26.0 Å². The maximum absolute atomic E-state index is 13.3. The number of rotatable bonds is 6. The fourth-order valence-corrected chi connectivity index (χ4v) is 4.44. The zero-order chi connectivity index (χ0) is 16.4. The topological polar surface area (TPSA) is 96.0 Å². The van der Waals surface area contributed by atoms with Gasteiger partial charge in [0, 0.05) is 0 Å². The van der Waals surface area contributed by atoms with Gasteiger partial charge in [0.15, 0.2) is 0 Å². The number of halogens is 1. The van der Waals surface area contributed by atoms with Crippen molar-refractivity contribution in [2.45, 2.75) is 51.0 Å². The highest BCUT2D eigenvalue weighted by molar-refractivity contribution is 7.89. The SMILES string of the molecule is CCC(CC)(NS(=O)(=O)c1c(C)cc(F)cc1C)C(=N)N. The monoisotopic (exact) mass is 315 g/mol. The van der Waals surface area contributed by atoms with Crippen LogP contribution in [0.25, 0.3) is 0 Å². The van der Waals surface area contributed by atoms with E-state index in [-0.39, 0.29) is 10.7 Å². The van der Waals surface area contributed by atoms with E-state index in [1.54, 1.807) is 13.8 Å². The summed E-state index contributed by atoms with van der Waals surface area (Å²) in [4.78, 5) is 0.0384. The van der Waals surface area contributed by atoms with E-state index in [0.717, 1.165) is 0 Å². The van der Waals surface area contributed by atoms with Crippen LogP contribution in [0.15, 0.2) is 17.0 Å². The lowest BCUT2D eigenvalue weighted by Crippen LogP contribution is -2.56. The summed E-state index contributed by atoms with van der Waals surface area (Å²) in [6, 6.07) is 2.35. The third-order valence-electron chi connectivity index (χ3n) is 3.75. The Labute approximate surface area is 125 Å². The predicted molar refractivity (Wildman–Crippen MR) is 81.4 cm³/mol. The van der Waals surface area contributed by atoms with Gasteiger partial charge in [-0.05, 0) is 49.9 Å². The van der Waals surface area contributed by atoms with Crippen LogP contribution in [0, 0.1) is 25.1 Å². The van der Waals surface area contributed by atoms with Gasteiger partial charge in [0.2, 0.25) is 10.0 Å². The van der Waals surface area contributed by atoms with Crippen LogP contribution in [0.3, 0.4) is 0 Å². The Morgan fingerprint density at radius 1 is 1.29 bits per heavy atom. The molecule has 0 aromatic heterocycles. The van der Waals surface area contributed by atoms with Gasteiger partial charge in [-0.2, -0.15) is 4.72 Å². The van der Waals surface area contributed by atoms with Crippen LogP contribution in [-0.2, 0) is 10.0 Å². The minimum Gasteiger partial charge on any atom is -0.386 e. The van der Waals surface area contributed by atoms with Gasteiger partial charge in [0.1, 0.15) is 11.7 Å². The quantitative estimate of drug-likeness (QED) is 0.554. The summed E-state index contributed by atoms with van der Waals surface area (Å²) >= 11 is 0. The van der Waals surface area contributed by atoms with Crippen LogP contribution < -0.4 is 10.5 Å². The summed E-state index contributed by atoms with van der Waals surface area (Å²) < 4.78 is 41.1. The molecule has 0 atom stereocenters. The number of sulfonamides is 1. The van der Waals surface area contributed by atoms with Gasteiger partial charge in [-0.1, -0.05) is 13.8 Å². The fraction of sp³-hybridized carbons (Fsp3) is 0.500. The number of benzene rings is 1. The Bertz CT molecular complexity index is 629. The summed E-state index contributed by atoms with van der Waals surface area (Å²) in [6.07, 6.45) is 0.717. The molecule has 0 fully saturated rings. The third kappa shape index (κ3) is 3.41. The lowest BCUT2D eigenvalue weighted by molar-refractivity contribution is 0.458. The van der Waals surface area contributed by atoms with Crippen molar-refractivity contribution < 1.29 is 12.8 Å². The first kappa shape index (κ1) is 17.6. The molecule has 0 saturated heterocycles. The Balaban J connectivity index is 3.40. The van der Waals surface area contributed by atoms with Crippen molar-refractivity contribution in [3.8, 4) is 0 Å². The summed E-state index contributed by atoms with van der Waals surface area (Å²) in [5, 5.41) is 7.67. The van der Waals surface area contributed by atoms with E-state index in [0.29, 0.717) is 24.0 Å². The molecule has 0 aliphatic rings. The van der Waals surface area contributed by atoms with Crippen LogP contribution in [0.5, 0.6) is 0 Å². The molecule has 1 aromatic carbocycles. The number of nitrogens with one attached hydrogen (secondary N) is 2. The summed E-state index contributed by atoms with van der Waals surface area (Å²) in [6.45, 7) is 6.60. The third-order valence-corrected chi connectivity index (χ3v) is 5.59. The average molecular weight is 315 g/mol. The first-order valence-electron chi connectivity index (χ1n) is 6.75. The van der Waals surface area contributed by atoms with Crippen LogP contribution in [-0.4, -0.2) is 19.8 Å². The second-order valence-corrected chi connectivity index (χ2v) is 6.80. The molecule has 7 heteroatoms. The molecule has 1 aromatic rings. The molecule has 0 aliphatic heterocycles. The minimum absolute atomic E-state index is 0.0384. The van der Waals surface area contributed by atoms with Gasteiger partial charge in [-0.25, -0.2) is 12.8 Å². The normalized spacial score (nSPS) is 12.4. The molecule has 21 heavy (non-hydrogen) atoms. The van der Waals surface area contributed by atoms with E-state index >= 15 is 0 Å². The van der Waals surface area contributed by atoms with Gasteiger partial charge >= 0.3 is 0 Å². The molecule has 0 radical (unpaired) electrons. The van der Waals surface area contributed by atoms with Crippen molar-refractivity contribution in [2.24, 2.45) is 5.73 Å². The maximum atomic E-state index is 13.3. The van der Waals surface area contributed by atoms with Crippen molar-refractivity contribution in [3.05, 3.63) is 29.1 Å². The number of amidine groups is 1. The second kappa shape index (κ2) is 6.11. The van der Waals surface area contributed by atoms with Gasteiger partial charge in [0.25, 0.3) is 0 Å². The average Bonchev–Trinajstić information content (AvgIpc) is 2.33.